The van der Waals surface area contributed by atoms with Gasteiger partial charge in [0.15, 0.2) is 0 Å². The Labute approximate surface area is 149 Å². The van der Waals surface area contributed by atoms with Crippen molar-refractivity contribution in [2.45, 2.75) is 24.2 Å². The molecule has 0 bridgehead atoms. The summed E-state index contributed by atoms with van der Waals surface area (Å²) in [6.07, 6.45) is 3.18. The second kappa shape index (κ2) is 7.89. The molecule has 0 atom stereocenters. The molecule has 6 heteroatoms. The van der Waals surface area contributed by atoms with E-state index in [9.17, 15) is 8.42 Å². The van der Waals surface area contributed by atoms with Crippen LogP contribution in [0.15, 0.2) is 53.4 Å². The van der Waals surface area contributed by atoms with Gasteiger partial charge in [-0.1, -0.05) is 12.1 Å². The van der Waals surface area contributed by atoms with Crippen molar-refractivity contribution in [3.63, 3.8) is 0 Å². The van der Waals surface area contributed by atoms with Gasteiger partial charge >= 0.3 is 0 Å². The fraction of sp³-hybridized carbons (Fsp3) is 0.368. The van der Waals surface area contributed by atoms with Gasteiger partial charge in [0, 0.05) is 25.3 Å². The van der Waals surface area contributed by atoms with Gasteiger partial charge < -0.3 is 9.64 Å². The predicted octanol–water partition coefficient (Wildman–Crippen LogP) is 2.82. The summed E-state index contributed by atoms with van der Waals surface area (Å²) in [7, 11) is -1.94. The van der Waals surface area contributed by atoms with Crippen molar-refractivity contribution in [2.75, 3.05) is 31.6 Å². The predicted molar refractivity (Wildman–Crippen MR) is 99.8 cm³/mol. The Kier molecular flexibility index (Phi) is 5.60. The maximum Gasteiger partial charge on any atom is 0.240 e. The number of hydrogen-bond acceptors (Lipinski definition) is 4. The molecular formula is C19H24N2O3S. The molecular weight excluding hydrogens is 336 g/mol. The minimum absolute atomic E-state index is 0.248. The zero-order chi connectivity index (χ0) is 17.7. The molecule has 0 saturated carbocycles. The monoisotopic (exact) mass is 360 g/mol. The van der Waals surface area contributed by atoms with Crippen molar-refractivity contribution < 1.29 is 13.2 Å². The Morgan fingerprint density at radius 1 is 1.00 bits per heavy atom. The number of ether oxygens (including phenoxy) is 1. The summed E-state index contributed by atoms with van der Waals surface area (Å²) in [5.74, 6) is 0.636. The molecule has 0 aromatic heterocycles. The van der Waals surface area contributed by atoms with Crippen molar-refractivity contribution >= 4 is 15.7 Å². The molecule has 1 saturated heterocycles. The minimum atomic E-state index is -3.49. The molecule has 1 N–H and O–H groups in total. The molecule has 25 heavy (non-hydrogen) atoms. The van der Waals surface area contributed by atoms with Crippen LogP contribution in [0.3, 0.4) is 0 Å². The molecule has 3 rings (SSSR count). The topological polar surface area (TPSA) is 58.6 Å². The molecule has 0 radical (unpaired) electrons. The highest BCUT2D eigenvalue weighted by molar-refractivity contribution is 7.89. The molecule has 1 aliphatic heterocycles. The molecule has 1 heterocycles. The Bertz CT molecular complexity index is 780. The van der Waals surface area contributed by atoms with Gasteiger partial charge in [-0.2, -0.15) is 0 Å². The van der Waals surface area contributed by atoms with Crippen LogP contribution in [0, 0.1) is 0 Å². The Balaban J connectivity index is 1.54. The summed E-state index contributed by atoms with van der Waals surface area (Å²) in [4.78, 5) is 2.63. The van der Waals surface area contributed by atoms with Gasteiger partial charge in [-0.25, -0.2) is 13.1 Å². The first-order chi connectivity index (χ1) is 12.1. The van der Waals surface area contributed by atoms with Crippen molar-refractivity contribution in [3.05, 3.63) is 54.1 Å². The van der Waals surface area contributed by atoms with Crippen LogP contribution in [0.4, 0.5) is 5.69 Å². The summed E-state index contributed by atoms with van der Waals surface area (Å²) in [5, 5.41) is 0. The van der Waals surface area contributed by atoms with Crippen LogP contribution in [-0.4, -0.2) is 35.2 Å². The average Bonchev–Trinajstić information content (AvgIpc) is 3.17. The second-order valence-corrected chi connectivity index (χ2v) is 7.95. The smallest absolute Gasteiger partial charge is 0.240 e. The van der Waals surface area contributed by atoms with Crippen LogP contribution in [0.2, 0.25) is 0 Å². The highest BCUT2D eigenvalue weighted by atomic mass is 32.2. The van der Waals surface area contributed by atoms with E-state index in [0.717, 1.165) is 18.7 Å². The molecule has 1 aliphatic rings. The van der Waals surface area contributed by atoms with Gasteiger partial charge in [0.05, 0.1) is 12.0 Å². The zero-order valence-corrected chi connectivity index (χ0v) is 15.3. The Hall–Kier alpha value is -2.05. The fourth-order valence-corrected chi connectivity index (χ4v) is 4.05. The fourth-order valence-electron chi connectivity index (χ4n) is 3.02. The van der Waals surface area contributed by atoms with E-state index < -0.39 is 10.0 Å². The number of nitrogens with one attached hydrogen (secondary N) is 1. The summed E-state index contributed by atoms with van der Waals surface area (Å²) in [5.41, 5.74) is 2.38. The third kappa shape index (κ3) is 4.52. The molecule has 5 nitrogen and oxygen atoms in total. The van der Waals surface area contributed by atoms with Crippen LogP contribution < -0.4 is 14.4 Å². The third-order valence-electron chi connectivity index (χ3n) is 4.48. The lowest BCUT2D eigenvalue weighted by Crippen LogP contribution is -2.26. The highest BCUT2D eigenvalue weighted by Gasteiger charge is 2.14. The quantitative estimate of drug-likeness (QED) is 0.825. The first kappa shape index (κ1) is 17.8. The van der Waals surface area contributed by atoms with Gasteiger partial charge in [-0.3, -0.25) is 0 Å². The normalized spacial score (nSPS) is 14.7. The van der Waals surface area contributed by atoms with Crippen molar-refractivity contribution in [2.24, 2.45) is 0 Å². The summed E-state index contributed by atoms with van der Waals surface area (Å²) >= 11 is 0. The number of rotatable bonds is 7. The number of methoxy groups -OCH3 is 1. The molecule has 2 aromatic rings. The molecule has 0 aliphatic carbocycles. The zero-order valence-electron chi connectivity index (χ0n) is 14.4. The molecule has 0 spiro atoms. The highest BCUT2D eigenvalue weighted by Crippen LogP contribution is 2.20. The maximum absolute atomic E-state index is 12.3. The van der Waals surface area contributed by atoms with E-state index in [4.69, 9.17) is 4.74 Å². The number of anilines is 1. The molecule has 1 fully saturated rings. The number of nitrogens with zero attached hydrogens (tertiary/aromatic N) is 1. The summed E-state index contributed by atoms with van der Waals surface area (Å²) in [6.45, 7) is 2.62. The van der Waals surface area contributed by atoms with E-state index in [-0.39, 0.29) is 4.90 Å². The summed E-state index contributed by atoms with van der Waals surface area (Å²) < 4.78 is 32.3. The van der Waals surface area contributed by atoms with Gasteiger partial charge in [0.1, 0.15) is 5.75 Å². The van der Waals surface area contributed by atoms with E-state index in [1.807, 2.05) is 0 Å². The minimum Gasteiger partial charge on any atom is -0.497 e. The van der Waals surface area contributed by atoms with Crippen LogP contribution in [0.25, 0.3) is 0 Å². The largest absolute Gasteiger partial charge is 0.497 e. The van der Waals surface area contributed by atoms with Gasteiger partial charge in [-0.15, -0.1) is 0 Å². The number of hydrogen-bond donors (Lipinski definition) is 1. The lowest BCUT2D eigenvalue weighted by Gasteiger charge is -2.17. The molecule has 0 unspecified atom stereocenters. The van der Waals surface area contributed by atoms with E-state index in [1.165, 1.54) is 18.5 Å². The lowest BCUT2D eigenvalue weighted by molar-refractivity contribution is 0.414. The standard InChI is InChI=1S/C19H24N2O3S/c1-24-18-8-10-19(11-9-18)25(22,23)20-13-12-16-4-6-17(7-5-16)21-14-2-3-15-21/h4-11,20H,2-3,12-15H2,1H3. The van der Waals surface area contributed by atoms with E-state index >= 15 is 0 Å². The van der Waals surface area contributed by atoms with Crippen LogP contribution >= 0.6 is 0 Å². The average molecular weight is 360 g/mol. The van der Waals surface area contributed by atoms with Crippen LogP contribution in [-0.2, 0) is 16.4 Å². The Morgan fingerprint density at radius 3 is 2.24 bits per heavy atom. The third-order valence-corrected chi connectivity index (χ3v) is 5.96. The van der Waals surface area contributed by atoms with Crippen molar-refractivity contribution in [1.82, 2.24) is 4.72 Å². The Morgan fingerprint density at radius 2 is 1.64 bits per heavy atom. The van der Waals surface area contributed by atoms with E-state index in [0.29, 0.717) is 18.7 Å². The van der Waals surface area contributed by atoms with Crippen molar-refractivity contribution in [1.29, 1.82) is 0 Å². The van der Waals surface area contributed by atoms with Crippen LogP contribution in [0.5, 0.6) is 5.75 Å². The number of sulfonamides is 1. The van der Waals surface area contributed by atoms with Gasteiger partial charge in [0.2, 0.25) is 10.0 Å². The van der Waals surface area contributed by atoms with Gasteiger partial charge in [0.25, 0.3) is 0 Å². The molecule has 0 amide bonds. The van der Waals surface area contributed by atoms with E-state index in [2.05, 4.69) is 33.9 Å². The first-order valence-electron chi connectivity index (χ1n) is 8.56. The van der Waals surface area contributed by atoms with E-state index in [1.54, 1.807) is 31.4 Å². The SMILES string of the molecule is COc1ccc(S(=O)(=O)NCCc2ccc(N3CCCC3)cc2)cc1. The maximum atomic E-state index is 12.3. The first-order valence-corrected chi connectivity index (χ1v) is 10.0. The second-order valence-electron chi connectivity index (χ2n) is 6.18. The number of benzene rings is 2. The van der Waals surface area contributed by atoms with Crippen LogP contribution in [0.1, 0.15) is 18.4 Å². The summed E-state index contributed by atoms with van der Waals surface area (Å²) in [6, 6.07) is 14.8. The lowest BCUT2D eigenvalue weighted by atomic mass is 10.1. The molecule has 134 valence electrons. The van der Waals surface area contributed by atoms with Gasteiger partial charge in [-0.05, 0) is 61.2 Å². The van der Waals surface area contributed by atoms with Crippen molar-refractivity contribution in [3.8, 4) is 5.75 Å². The molecule has 2 aromatic carbocycles.